The zero-order chi connectivity index (χ0) is 13.5. The molecule has 5 nitrogen and oxygen atoms in total. The van der Waals surface area contributed by atoms with Crippen LogP contribution in [0, 0.1) is 0 Å². The molecule has 2 rings (SSSR count). The Morgan fingerprint density at radius 2 is 2.16 bits per heavy atom. The van der Waals surface area contributed by atoms with Gasteiger partial charge in [-0.15, -0.1) is 0 Å². The fourth-order valence-electron chi connectivity index (χ4n) is 1.79. The van der Waals surface area contributed by atoms with E-state index in [0.717, 1.165) is 29.9 Å². The van der Waals surface area contributed by atoms with Crippen molar-refractivity contribution in [3.05, 3.63) is 36.4 Å². The van der Waals surface area contributed by atoms with Crippen molar-refractivity contribution < 1.29 is 4.79 Å². The van der Waals surface area contributed by atoms with Crippen LogP contribution >= 0.6 is 0 Å². The maximum Gasteiger partial charge on any atom is 0.219 e. The summed E-state index contributed by atoms with van der Waals surface area (Å²) in [5.74, 6) is 0.939. The fourth-order valence-corrected chi connectivity index (χ4v) is 1.79. The van der Waals surface area contributed by atoms with E-state index in [1.54, 1.807) is 12.4 Å². The molecule has 0 radical (unpaired) electrons. The lowest BCUT2D eigenvalue weighted by Gasteiger charge is -2.02. The Hall–Kier alpha value is -2.17. The number of aromatic amines is 1. The molecular formula is C14H18N4O. The standard InChI is InChI=1S/C14H18N4O/c1-2-3-13(19)16-9-6-12-10-17-14(18-12)11-4-7-15-8-5-11/h4-5,7-8,10H,2-3,6,9H2,1H3,(H,16,19)(H,17,18). The molecule has 2 aromatic rings. The molecule has 0 bridgehead atoms. The molecule has 5 heteroatoms. The molecule has 0 atom stereocenters. The highest BCUT2D eigenvalue weighted by Gasteiger charge is 2.04. The third-order valence-electron chi connectivity index (χ3n) is 2.78. The molecule has 0 spiro atoms. The molecule has 0 aliphatic carbocycles. The van der Waals surface area contributed by atoms with Gasteiger partial charge in [-0.05, 0) is 18.6 Å². The summed E-state index contributed by atoms with van der Waals surface area (Å²) in [4.78, 5) is 22.9. The van der Waals surface area contributed by atoms with Crippen molar-refractivity contribution >= 4 is 5.91 Å². The summed E-state index contributed by atoms with van der Waals surface area (Å²) in [5, 5.41) is 2.88. The van der Waals surface area contributed by atoms with Gasteiger partial charge >= 0.3 is 0 Å². The van der Waals surface area contributed by atoms with Gasteiger partial charge in [-0.2, -0.15) is 0 Å². The SMILES string of the molecule is CCCC(=O)NCCc1cnc(-c2ccncc2)[nH]1. The molecule has 0 unspecified atom stereocenters. The molecule has 0 aliphatic rings. The van der Waals surface area contributed by atoms with E-state index in [0.29, 0.717) is 13.0 Å². The highest BCUT2D eigenvalue weighted by atomic mass is 16.1. The lowest BCUT2D eigenvalue weighted by Crippen LogP contribution is -2.25. The summed E-state index contributed by atoms with van der Waals surface area (Å²) >= 11 is 0. The van der Waals surface area contributed by atoms with Gasteiger partial charge in [-0.25, -0.2) is 4.98 Å². The van der Waals surface area contributed by atoms with E-state index < -0.39 is 0 Å². The lowest BCUT2D eigenvalue weighted by atomic mass is 10.2. The van der Waals surface area contributed by atoms with E-state index in [1.807, 2.05) is 25.3 Å². The highest BCUT2D eigenvalue weighted by molar-refractivity contribution is 5.75. The number of amides is 1. The summed E-state index contributed by atoms with van der Waals surface area (Å²) in [6.45, 7) is 2.63. The molecule has 0 saturated carbocycles. The van der Waals surface area contributed by atoms with Crippen molar-refractivity contribution in [2.24, 2.45) is 0 Å². The Labute approximate surface area is 112 Å². The molecule has 2 N–H and O–H groups in total. The van der Waals surface area contributed by atoms with E-state index in [9.17, 15) is 4.79 Å². The normalized spacial score (nSPS) is 10.4. The largest absolute Gasteiger partial charge is 0.356 e. The molecule has 2 aromatic heterocycles. The molecule has 100 valence electrons. The number of nitrogens with zero attached hydrogens (tertiary/aromatic N) is 2. The quantitative estimate of drug-likeness (QED) is 0.831. The molecule has 1 amide bonds. The van der Waals surface area contributed by atoms with Gasteiger partial charge in [0.05, 0.1) is 0 Å². The van der Waals surface area contributed by atoms with Crippen LogP contribution in [0.4, 0.5) is 0 Å². The van der Waals surface area contributed by atoms with Gasteiger partial charge in [0, 0.05) is 49.2 Å². The van der Waals surface area contributed by atoms with Crippen LogP contribution in [0.2, 0.25) is 0 Å². The van der Waals surface area contributed by atoms with Crippen molar-refractivity contribution in [2.45, 2.75) is 26.2 Å². The van der Waals surface area contributed by atoms with E-state index in [-0.39, 0.29) is 5.91 Å². The minimum Gasteiger partial charge on any atom is -0.356 e. The van der Waals surface area contributed by atoms with Gasteiger partial charge in [-0.3, -0.25) is 9.78 Å². The smallest absolute Gasteiger partial charge is 0.219 e. The van der Waals surface area contributed by atoms with Crippen molar-refractivity contribution in [2.75, 3.05) is 6.54 Å². The third-order valence-corrected chi connectivity index (χ3v) is 2.78. The minimum atomic E-state index is 0.108. The first-order valence-electron chi connectivity index (χ1n) is 6.50. The average molecular weight is 258 g/mol. The summed E-state index contributed by atoms with van der Waals surface area (Å²) in [5.41, 5.74) is 2.03. The first kappa shape index (κ1) is 13.3. The van der Waals surface area contributed by atoms with Crippen molar-refractivity contribution in [3.8, 4) is 11.4 Å². The van der Waals surface area contributed by atoms with Gasteiger partial charge < -0.3 is 10.3 Å². The highest BCUT2D eigenvalue weighted by Crippen LogP contribution is 2.13. The van der Waals surface area contributed by atoms with E-state index in [2.05, 4.69) is 20.3 Å². The van der Waals surface area contributed by atoms with Crippen molar-refractivity contribution in [3.63, 3.8) is 0 Å². The summed E-state index contributed by atoms with van der Waals surface area (Å²) in [7, 11) is 0. The summed E-state index contributed by atoms with van der Waals surface area (Å²) in [6, 6.07) is 3.82. The molecule has 0 aromatic carbocycles. The van der Waals surface area contributed by atoms with Gasteiger partial charge in [0.2, 0.25) is 5.91 Å². The third kappa shape index (κ3) is 3.91. The molecule has 0 aliphatic heterocycles. The van der Waals surface area contributed by atoms with Gasteiger partial charge in [0.1, 0.15) is 5.82 Å². The summed E-state index contributed by atoms with van der Waals surface area (Å²) < 4.78 is 0. The van der Waals surface area contributed by atoms with Crippen LogP contribution in [0.5, 0.6) is 0 Å². The van der Waals surface area contributed by atoms with Crippen molar-refractivity contribution in [1.82, 2.24) is 20.3 Å². The monoisotopic (exact) mass is 258 g/mol. The average Bonchev–Trinajstić information content (AvgIpc) is 2.89. The van der Waals surface area contributed by atoms with E-state index in [1.165, 1.54) is 0 Å². The Balaban J connectivity index is 1.86. The first-order valence-corrected chi connectivity index (χ1v) is 6.50. The van der Waals surface area contributed by atoms with Crippen LogP contribution in [-0.4, -0.2) is 27.4 Å². The van der Waals surface area contributed by atoms with Gasteiger partial charge in [0.25, 0.3) is 0 Å². The molecular weight excluding hydrogens is 240 g/mol. The molecule has 19 heavy (non-hydrogen) atoms. The van der Waals surface area contributed by atoms with Crippen molar-refractivity contribution in [1.29, 1.82) is 0 Å². The zero-order valence-corrected chi connectivity index (χ0v) is 11.0. The predicted octanol–water partition coefficient (Wildman–Crippen LogP) is 1.93. The minimum absolute atomic E-state index is 0.108. The van der Waals surface area contributed by atoms with E-state index in [4.69, 9.17) is 0 Å². The Morgan fingerprint density at radius 1 is 1.37 bits per heavy atom. The van der Waals surface area contributed by atoms with Crippen LogP contribution in [0.15, 0.2) is 30.7 Å². The maximum atomic E-state index is 11.3. The second kappa shape index (κ2) is 6.68. The fraction of sp³-hybridized carbons (Fsp3) is 0.357. The van der Waals surface area contributed by atoms with Gasteiger partial charge in [-0.1, -0.05) is 6.92 Å². The second-order valence-electron chi connectivity index (χ2n) is 4.34. The Bertz CT molecular complexity index is 521. The molecule has 2 heterocycles. The number of hydrogen-bond acceptors (Lipinski definition) is 3. The number of rotatable bonds is 6. The number of carbonyl (C=O) groups is 1. The number of nitrogens with one attached hydrogen (secondary N) is 2. The number of H-pyrrole nitrogens is 1. The number of carbonyl (C=O) groups excluding carboxylic acids is 1. The van der Waals surface area contributed by atoms with Crippen LogP contribution in [0.25, 0.3) is 11.4 Å². The number of imidazole rings is 1. The Morgan fingerprint density at radius 3 is 2.89 bits per heavy atom. The number of pyridine rings is 1. The topological polar surface area (TPSA) is 70.7 Å². The van der Waals surface area contributed by atoms with Gasteiger partial charge in [0.15, 0.2) is 0 Å². The van der Waals surface area contributed by atoms with Crippen LogP contribution in [0.1, 0.15) is 25.5 Å². The zero-order valence-electron chi connectivity index (χ0n) is 11.0. The predicted molar refractivity (Wildman–Crippen MR) is 73.4 cm³/mol. The summed E-state index contributed by atoms with van der Waals surface area (Å²) in [6.07, 6.45) is 7.51. The van der Waals surface area contributed by atoms with Crippen LogP contribution < -0.4 is 5.32 Å². The number of hydrogen-bond donors (Lipinski definition) is 2. The Kier molecular flexibility index (Phi) is 4.66. The van der Waals surface area contributed by atoms with E-state index >= 15 is 0 Å². The molecule has 0 saturated heterocycles. The molecule has 0 fully saturated rings. The van der Waals surface area contributed by atoms with Crippen LogP contribution in [-0.2, 0) is 11.2 Å². The second-order valence-corrected chi connectivity index (χ2v) is 4.34. The van der Waals surface area contributed by atoms with Crippen LogP contribution in [0.3, 0.4) is 0 Å². The first-order chi connectivity index (χ1) is 9.29. The maximum absolute atomic E-state index is 11.3. The number of aromatic nitrogens is 3. The lowest BCUT2D eigenvalue weighted by molar-refractivity contribution is -0.121.